The molecule has 1 fully saturated rings. The Hall–Kier alpha value is -1.12. The number of hydrogen-bond acceptors (Lipinski definition) is 2. The van der Waals surface area contributed by atoms with Crippen LogP contribution in [0.5, 0.6) is 0 Å². The summed E-state index contributed by atoms with van der Waals surface area (Å²) in [7, 11) is 0. The number of aromatic nitrogens is 3. The molecule has 1 aliphatic rings. The molecule has 1 saturated carbocycles. The van der Waals surface area contributed by atoms with E-state index in [0.29, 0.717) is 5.92 Å². The van der Waals surface area contributed by atoms with Crippen LogP contribution in [0.3, 0.4) is 0 Å². The Bertz CT molecular complexity index is 394. The molecule has 88 valence electrons. The zero-order chi connectivity index (χ0) is 11.9. The summed E-state index contributed by atoms with van der Waals surface area (Å²) < 4.78 is 1.98. The van der Waals surface area contributed by atoms with Gasteiger partial charge >= 0.3 is 0 Å². The Morgan fingerprint density at radius 2 is 2.12 bits per heavy atom. The van der Waals surface area contributed by atoms with Gasteiger partial charge in [-0.3, -0.25) is 0 Å². The minimum absolute atomic E-state index is 0.125. The van der Waals surface area contributed by atoms with Crippen molar-refractivity contribution in [3.8, 4) is 0 Å². The van der Waals surface area contributed by atoms with E-state index in [1.54, 1.807) is 0 Å². The van der Waals surface area contributed by atoms with Crippen molar-refractivity contribution in [2.45, 2.75) is 52.5 Å². The van der Waals surface area contributed by atoms with Gasteiger partial charge in [-0.05, 0) is 25.2 Å². The number of rotatable bonds is 3. The van der Waals surface area contributed by atoms with Gasteiger partial charge in [0.25, 0.3) is 0 Å². The van der Waals surface area contributed by atoms with Gasteiger partial charge in [0.05, 0.1) is 11.7 Å². The molecule has 0 aromatic carbocycles. The van der Waals surface area contributed by atoms with E-state index in [-0.39, 0.29) is 11.5 Å². The lowest BCUT2D eigenvalue weighted by Crippen LogP contribution is -2.25. The van der Waals surface area contributed by atoms with Gasteiger partial charge in [-0.15, -0.1) is 5.10 Å². The molecule has 0 bridgehead atoms. The molecule has 1 heterocycles. The third kappa shape index (κ3) is 2.18. The number of allylic oxidation sites excluding steroid dienone is 1. The van der Waals surface area contributed by atoms with Crippen LogP contribution in [-0.4, -0.2) is 15.0 Å². The highest BCUT2D eigenvalue weighted by Gasteiger charge is 2.31. The molecular weight excluding hydrogens is 198 g/mol. The van der Waals surface area contributed by atoms with Crippen LogP contribution < -0.4 is 0 Å². The van der Waals surface area contributed by atoms with E-state index in [1.807, 2.05) is 4.68 Å². The molecule has 16 heavy (non-hydrogen) atoms. The molecule has 0 saturated heterocycles. The van der Waals surface area contributed by atoms with Crippen molar-refractivity contribution < 1.29 is 0 Å². The second-order valence-corrected chi connectivity index (χ2v) is 6.01. The normalized spacial score (nSPS) is 18.5. The van der Waals surface area contributed by atoms with Crippen LogP contribution in [0, 0.1) is 5.41 Å². The van der Waals surface area contributed by atoms with Crippen LogP contribution in [0.15, 0.2) is 18.3 Å². The third-order valence-corrected chi connectivity index (χ3v) is 3.08. The minimum atomic E-state index is 0.125. The molecule has 1 aromatic rings. The summed E-state index contributed by atoms with van der Waals surface area (Å²) in [6.45, 7) is 12.8. The molecule has 0 spiro atoms. The first-order valence-electron chi connectivity index (χ1n) is 5.96. The van der Waals surface area contributed by atoms with Crippen molar-refractivity contribution >= 4 is 0 Å². The van der Waals surface area contributed by atoms with Crippen LogP contribution in [0.4, 0.5) is 0 Å². The van der Waals surface area contributed by atoms with E-state index < -0.39 is 0 Å². The van der Waals surface area contributed by atoms with Crippen LogP contribution in [0.1, 0.15) is 58.2 Å². The first-order chi connectivity index (χ1) is 7.39. The predicted octanol–water partition coefficient (Wildman–Crippen LogP) is 3.32. The van der Waals surface area contributed by atoms with Gasteiger partial charge in [-0.25, -0.2) is 4.68 Å². The van der Waals surface area contributed by atoms with Gasteiger partial charge < -0.3 is 0 Å². The Balaban J connectivity index is 2.27. The first kappa shape index (κ1) is 11.4. The van der Waals surface area contributed by atoms with E-state index in [9.17, 15) is 0 Å². The van der Waals surface area contributed by atoms with Gasteiger partial charge in [-0.1, -0.05) is 38.1 Å². The Kier molecular flexibility index (Phi) is 2.64. The van der Waals surface area contributed by atoms with Gasteiger partial charge in [0.1, 0.15) is 0 Å². The molecule has 0 aliphatic heterocycles. The van der Waals surface area contributed by atoms with Crippen LogP contribution in [0.25, 0.3) is 0 Å². The van der Waals surface area contributed by atoms with Crippen molar-refractivity contribution in [2.75, 3.05) is 0 Å². The van der Waals surface area contributed by atoms with E-state index in [1.165, 1.54) is 12.8 Å². The highest BCUT2D eigenvalue weighted by atomic mass is 15.4. The van der Waals surface area contributed by atoms with Crippen LogP contribution in [0.2, 0.25) is 0 Å². The molecule has 1 aromatic heterocycles. The fourth-order valence-electron chi connectivity index (χ4n) is 2.34. The third-order valence-electron chi connectivity index (χ3n) is 3.08. The lowest BCUT2D eigenvalue weighted by molar-refractivity contribution is 0.258. The maximum absolute atomic E-state index is 4.27. The summed E-state index contributed by atoms with van der Waals surface area (Å²) >= 11 is 0. The molecule has 2 rings (SSSR count). The Morgan fingerprint density at radius 1 is 1.50 bits per heavy atom. The van der Waals surface area contributed by atoms with Crippen molar-refractivity contribution in [2.24, 2.45) is 5.41 Å². The standard InChI is InChI=1S/C13H21N3/c1-9(2)12(13(3,4)5)16-8-11(14-15-16)10-6-7-10/h8,10,12H,1,6-7H2,2-5H3/t12-/m1/s1. The summed E-state index contributed by atoms with van der Waals surface area (Å²) in [6, 6.07) is 0.229. The summed E-state index contributed by atoms with van der Waals surface area (Å²) in [6.07, 6.45) is 4.64. The minimum Gasteiger partial charge on any atom is -0.245 e. The van der Waals surface area contributed by atoms with Crippen molar-refractivity contribution in [3.05, 3.63) is 24.0 Å². The van der Waals surface area contributed by atoms with Gasteiger partial charge in [0.2, 0.25) is 0 Å². The fourth-order valence-corrected chi connectivity index (χ4v) is 2.34. The summed E-state index contributed by atoms with van der Waals surface area (Å²) in [5, 5.41) is 8.54. The maximum atomic E-state index is 4.27. The predicted molar refractivity (Wildman–Crippen MR) is 65.3 cm³/mol. The number of hydrogen-bond donors (Lipinski definition) is 0. The van der Waals surface area contributed by atoms with Crippen molar-refractivity contribution in [3.63, 3.8) is 0 Å². The van der Waals surface area contributed by atoms with Gasteiger partial charge in [0.15, 0.2) is 0 Å². The second kappa shape index (κ2) is 3.72. The molecular formula is C13H21N3. The van der Waals surface area contributed by atoms with Crippen molar-refractivity contribution in [1.82, 2.24) is 15.0 Å². The van der Waals surface area contributed by atoms with Crippen molar-refractivity contribution in [1.29, 1.82) is 0 Å². The maximum Gasteiger partial charge on any atom is 0.0858 e. The first-order valence-corrected chi connectivity index (χ1v) is 5.96. The Labute approximate surface area is 97.5 Å². The van der Waals surface area contributed by atoms with E-state index in [0.717, 1.165) is 11.3 Å². The smallest absolute Gasteiger partial charge is 0.0858 e. The number of nitrogens with zero attached hydrogens (tertiary/aromatic N) is 3. The lowest BCUT2D eigenvalue weighted by Gasteiger charge is -2.30. The van der Waals surface area contributed by atoms with E-state index >= 15 is 0 Å². The van der Waals surface area contributed by atoms with E-state index in [4.69, 9.17) is 0 Å². The average Bonchev–Trinajstić information content (AvgIpc) is 2.85. The summed E-state index contributed by atoms with van der Waals surface area (Å²) in [5.41, 5.74) is 2.41. The highest BCUT2D eigenvalue weighted by Crippen LogP contribution is 2.40. The molecule has 0 unspecified atom stereocenters. The SMILES string of the molecule is C=C(C)[C@@H](n1cc(C2CC2)nn1)C(C)(C)C. The van der Waals surface area contributed by atoms with Gasteiger partial charge in [0, 0.05) is 12.1 Å². The monoisotopic (exact) mass is 219 g/mol. The topological polar surface area (TPSA) is 30.7 Å². The molecule has 0 radical (unpaired) electrons. The summed E-state index contributed by atoms with van der Waals surface area (Å²) in [4.78, 5) is 0. The molecule has 1 aliphatic carbocycles. The zero-order valence-electron chi connectivity index (χ0n) is 10.7. The second-order valence-electron chi connectivity index (χ2n) is 6.01. The largest absolute Gasteiger partial charge is 0.245 e. The highest BCUT2D eigenvalue weighted by molar-refractivity contribution is 5.12. The summed E-state index contributed by atoms with van der Waals surface area (Å²) in [5.74, 6) is 0.666. The molecule has 3 heteroatoms. The van der Waals surface area contributed by atoms with Gasteiger partial charge in [-0.2, -0.15) is 0 Å². The van der Waals surface area contributed by atoms with Crippen LogP contribution >= 0.6 is 0 Å². The fraction of sp³-hybridized carbons (Fsp3) is 0.692. The van der Waals surface area contributed by atoms with Crippen LogP contribution in [-0.2, 0) is 0 Å². The molecule has 0 amide bonds. The van der Waals surface area contributed by atoms with E-state index in [2.05, 4.69) is 50.8 Å². The average molecular weight is 219 g/mol. The lowest BCUT2D eigenvalue weighted by atomic mass is 9.83. The zero-order valence-corrected chi connectivity index (χ0v) is 10.7. The molecule has 1 atom stereocenters. The quantitative estimate of drug-likeness (QED) is 0.730. The Morgan fingerprint density at radius 3 is 2.56 bits per heavy atom. The molecule has 3 nitrogen and oxygen atoms in total. The molecule has 0 N–H and O–H groups in total.